The first kappa shape index (κ1) is 47.1. The van der Waals surface area contributed by atoms with E-state index < -0.39 is 49.6 Å². The monoisotopic (exact) mass is 884 g/mol. The molecule has 4 aromatic carbocycles. The van der Waals surface area contributed by atoms with Gasteiger partial charge in [-0.15, -0.1) is 0 Å². The number of methoxy groups -OCH3 is 3. The molecule has 1 amide bonds. The number of H-pyrrole nitrogens is 1. The molecular weight excluding hydrogens is 828 g/mol. The van der Waals surface area contributed by atoms with E-state index in [1.54, 1.807) is 57.2 Å². The van der Waals surface area contributed by atoms with Crippen LogP contribution >= 0.6 is 8.53 Å². The summed E-state index contributed by atoms with van der Waals surface area (Å²) in [6.45, 7) is 9.19. The van der Waals surface area contributed by atoms with Crippen molar-refractivity contribution in [3.63, 3.8) is 0 Å². The van der Waals surface area contributed by atoms with Crippen LogP contribution in [-0.2, 0) is 19.6 Å². The third-order valence-corrected chi connectivity index (χ3v) is 12.9. The molecule has 2 heterocycles. The Labute approximate surface area is 368 Å². The molecule has 0 bridgehead atoms. The Morgan fingerprint density at radius 1 is 0.857 bits per heavy atom. The van der Waals surface area contributed by atoms with Crippen molar-refractivity contribution in [2.45, 2.75) is 89.4 Å². The number of nitrogens with zero attached hydrogens (tertiary/aromatic N) is 2. The fraction of sp³-hybridized carbons (Fsp3) is 0.383. The molecule has 0 aliphatic carbocycles. The zero-order valence-electron chi connectivity index (χ0n) is 36.8. The van der Waals surface area contributed by atoms with Gasteiger partial charge >= 0.3 is 5.69 Å². The number of benzene rings is 4. The van der Waals surface area contributed by atoms with Gasteiger partial charge in [0.2, 0.25) is 5.79 Å². The molecule has 1 saturated heterocycles. The fourth-order valence-electron chi connectivity index (χ4n) is 8.00. The maximum absolute atomic E-state index is 13.6. The van der Waals surface area contributed by atoms with Crippen LogP contribution in [0, 0.1) is 6.92 Å². The van der Waals surface area contributed by atoms with E-state index in [2.05, 4.69) is 10.3 Å². The Bertz CT molecular complexity index is 2340. The van der Waals surface area contributed by atoms with Crippen LogP contribution in [-0.4, -0.2) is 88.1 Å². The summed E-state index contributed by atoms with van der Waals surface area (Å²) < 4.78 is 40.1. The van der Waals surface area contributed by atoms with Crippen molar-refractivity contribution in [1.82, 2.24) is 19.5 Å². The molecule has 5 aromatic rings. The number of carbonyl (C=O) groups is 1. The van der Waals surface area contributed by atoms with Crippen LogP contribution in [0.15, 0.2) is 119 Å². The van der Waals surface area contributed by atoms with Crippen molar-refractivity contribution >= 4 is 14.4 Å². The first-order valence-corrected chi connectivity index (χ1v) is 21.9. The number of amides is 1. The van der Waals surface area contributed by atoms with E-state index in [0.717, 1.165) is 0 Å². The van der Waals surface area contributed by atoms with Gasteiger partial charge in [-0.05, 0) is 106 Å². The van der Waals surface area contributed by atoms with Crippen LogP contribution in [0.4, 0.5) is 0 Å². The lowest BCUT2D eigenvalue weighted by Gasteiger charge is -2.43. The van der Waals surface area contributed by atoms with Gasteiger partial charge in [-0.3, -0.25) is 23.7 Å². The Kier molecular flexibility index (Phi) is 15.3. The quantitative estimate of drug-likeness (QED) is 0.0408. The molecule has 1 aromatic heterocycles. The summed E-state index contributed by atoms with van der Waals surface area (Å²) in [6.07, 6.45) is -2.78. The highest BCUT2D eigenvalue weighted by atomic mass is 31.2. The number of aromatic nitrogens is 2. The Morgan fingerprint density at radius 2 is 1.37 bits per heavy atom. The van der Waals surface area contributed by atoms with E-state index in [9.17, 15) is 24.4 Å². The predicted octanol–water partition coefficient (Wildman–Crippen LogP) is 6.40. The second-order valence-electron chi connectivity index (χ2n) is 15.9. The zero-order chi connectivity index (χ0) is 45.5. The summed E-state index contributed by atoms with van der Waals surface area (Å²) in [6, 6.07) is 30.7. The van der Waals surface area contributed by atoms with Gasteiger partial charge in [-0.25, -0.2) is 9.46 Å². The topological polar surface area (TPSA) is 183 Å². The van der Waals surface area contributed by atoms with Gasteiger partial charge in [0.05, 0.1) is 33.9 Å². The summed E-state index contributed by atoms with van der Waals surface area (Å²) in [7, 11) is 2.22. The molecular formula is C47H57N4O11P. The lowest BCUT2D eigenvalue weighted by molar-refractivity contribution is -0.226. The highest BCUT2D eigenvalue weighted by Crippen LogP contribution is 2.52. The van der Waals surface area contributed by atoms with Crippen molar-refractivity contribution < 1.29 is 43.0 Å². The summed E-state index contributed by atoms with van der Waals surface area (Å²) in [5, 5.41) is 16.0. The number of hydrogen-bond donors (Lipinski definition) is 4. The van der Waals surface area contributed by atoms with Gasteiger partial charge in [0.15, 0.2) is 0 Å². The molecule has 336 valence electrons. The van der Waals surface area contributed by atoms with Crippen LogP contribution in [0.5, 0.6) is 17.2 Å². The number of rotatable bonds is 19. The van der Waals surface area contributed by atoms with E-state index in [4.69, 9.17) is 28.2 Å². The summed E-state index contributed by atoms with van der Waals surface area (Å²) in [5.41, 5.74) is -0.115. The molecule has 15 nitrogen and oxygen atoms in total. The van der Waals surface area contributed by atoms with Crippen molar-refractivity contribution in [3.05, 3.63) is 158 Å². The zero-order valence-corrected chi connectivity index (χ0v) is 37.7. The standard InChI is InChI=1S/C47H57N4O11P/c1-30(2)51(31(3)4)63(56)62-46(55)28-41(50-29-32(5)43(52)49-45(50)54)60-42(46)40(26-27-48-44(53)33-14-20-37(57-6)21-15-33)61-47(34-12-10-9-11-13-34,35-16-22-38(58-7)23-17-35)36-18-24-39(59-8)25-19-36/h9-25,29-31,40-42,55-56H,26-28H2,1-8H3,(H,48,53)(H,49,52,54)/t40?,41-,42-,46+,63?/m1/s1. The van der Waals surface area contributed by atoms with Crippen LogP contribution in [0.2, 0.25) is 0 Å². The van der Waals surface area contributed by atoms with E-state index in [0.29, 0.717) is 39.5 Å². The largest absolute Gasteiger partial charge is 0.497 e. The van der Waals surface area contributed by atoms with Crippen LogP contribution in [0.3, 0.4) is 0 Å². The van der Waals surface area contributed by atoms with Crippen molar-refractivity contribution in [2.24, 2.45) is 0 Å². The molecule has 1 aliphatic heterocycles. The smallest absolute Gasteiger partial charge is 0.330 e. The number of aryl methyl sites for hydroxylation is 1. The predicted molar refractivity (Wildman–Crippen MR) is 239 cm³/mol. The fourth-order valence-corrected chi connectivity index (χ4v) is 9.35. The molecule has 1 aliphatic rings. The Morgan fingerprint density at radius 3 is 1.87 bits per heavy atom. The van der Waals surface area contributed by atoms with E-state index >= 15 is 0 Å². The molecule has 0 spiro atoms. The molecule has 5 atom stereocenters. The average Bonchev–Trinajstić information content (AvgIpc) is 3.62. The van der Waals surface area contributed by atoms with Gasteiger partial charge in [-0.1, -0.05) is 54.6 Å². The summed E-state index contributed by atoms with van der Waals surface area (Å²) in [4.78, 5) is 53.7. The molecule has 16 heteroatoms. The van der Waals surface area contributed by atoms with Crippen LogP contribution < -0.4 is 30.8 Å². The van der Waals surface area contributed by atoms with Gasteiger partial charge in [0.25, 0.3) is 20.0 Å². The Hall–Kier alpha value is -5.38. The van der Waals surface area contributed by atoms with Gasteiger partial charge in [-0.2, -0.15) is 0 Å². The normalized spacial score (nSPS) is 18.7. The SMILES string of the molecule is COc1ccc(C(=O)NCCC(OC(c2ccccc2)(c2ccc(OC)cc2)c2ccc(OC)cc2)[C@H]2O[C@@H](n3cc(C)c(=O)[nH]c3=O)C[C@]2(O)OP(O)N(C(C)C)C(C)C)cc1. The number of hydrogen-bond acceptors (Lipinski definition) is 12. The van der Waals surface area contributed by atoms with Crippen molar-refractivity contribution in [2.75, 3.05) is 27.9 Å². The van der Waals surface area contributed by atoms with E-state index in [1.165, 1.54) is 10.8 Å². The molecule has 0 saturated carbocycles. The molecule has 4 N–H and O–H groups in total. The molecule has 2 unspecified atom stereocenters. The number of aliphatic hydroxyl groups is 1. The first-order valence-electron chi connectivity index (χ1n) is 20.7. The van der Waals surface area contributed by atoms with Crippen molar-refractivity contribution in [1.29, 1.82) is 0 Å². The third kappa shape index (κ3) is 10.4. The van der Waals surface area contributed by atoms with Gasteiger partial charge in [0, 0.05) is 36.0 Å². The summed E-state index contributed by atoms with van der Waals surface area (Å²) in [5.74, 6) is -0.877. The molecule has 0 radical (unpaired) electrons. The third-order valence-electron chi connectivity index (χ3n) is 11.1. The van der Waals surface area contributed by atoms with E-state index in [1.807, 2.05) is 107 Å². The second-order valence-corrected chi connectivity index (χ2v) is 17.0. The number of aromatic amines is 1. The second kappa shape index (κ2) is 20.4. The number of nitrogens with one attached hydrogen (secondary N) is 2. The van der Waals surface area contributed by atoms with Gasteiger partial charge in [0.1, 0.15) is 35.2 Å². The minimum Gasteiger partial charge on any atom is -0.497 e. The van der Waals surface area contributed by atoms with Crippen molar-refractivity contribution in [3.8, 4) is 17.2 Å². The molecule has 63 heavy (non-hydrogen) atoms. The number of ether oxygens (including phenoxy) is 5. The lowest BCUT2D eigenvalue weighted by Crippen LogP contribution is -2.52. The highest BCUT2D eigenvalue weighted by molar-refractivity contribution is 7.43. The average molecular weight is 885 g/mol. The van der Waals surface area contributed by atoms with Crippen LogP contribution in [0.25, 0.3) is 0 Å². The van der Waals surface area contributed by atoms with E-state index in [-0.39, 0.29) is 42.9 Å². The highest BCUT2D eigenvalue weighted by Gasteiger charge is 2.57. The molecule has 6 rings (SSSR count). The summed E-state index contributed by atoms with van der Waals surface area (Å²) >= 11 is 0. The molecule has 1 fully saturated rings. The first-order chi connectivity index (χ1) is 30.1. The number of carbonyl (C=O) groups excluding carboxylic acids is 1. The minimum atomic E-state index is -2.48. The van der Waals surface area contributed by atoms with Crippen LogP contribution in [0.1, 0.15) is 79.4 Å². The maximum atomic E-state index is 13.6. The Balaban J connectivity index is 1.54. The minimum absolute atomic E-state index is 0.0158. The lowest BCUT2D eigenvalue weighted by atomic mass is 9.79. The maximum Gasteiger partial charge on any atom is 0.330 e. The van der Waals surface area contributed by atoms with Gasteiger partial charge < -0.3 is 39.0 Å².